The number of hydrogen-bond donors (Lipinski definition) is 2. The molecule has 3 aromatic heterocycles. The molecule has 1 atom stereocenters. The van der Waals surface area contributed by atoms with E-state index in [-0.39, 0.29) is 11.8 Å². The minimum Gasteiger partial charge on any atom is -0.387 e. The molecule has 0 unspecified atom stereocenters. The zero-order valence-electron chi connectivity index (χ0n) is 18.1. The number of fused-ring (bicyclic) bond motifs is 1. The van der Waals surface area contributed by atoms with Gasteiger partial charge in [-0.2, -0.15) is 0 Å². The number of aromatic nitrogens is 3. The Balaban J connectivity index is 1.52. The van der Waals surface area contributed by atoms with E-state index < -0.39 is 6.10 Å². The Morgan fingerprint density at radius 1 is 1.16 bits per heavy atom. The monoisotopic (exact) mass is 416 g/mol. The van der Waals surface area contributed by atoms with Crippen LogP contribution in [-0.2, 0) is 4.79 Å². The molecule has 0 aliphatic heterocycles. The first-order chi connectivity index (χ1) is 15.0. The Hall–Kier alpha value is -2.86. The number of rotatable bonds is 7. The second-order valence-electron chi connectivity index (χ2n) is 8.95. The number of anilines is 1. The van der Waals surface area contributed by atoms with Crippen LogP contribution in [0.4, 0.5) is 5.82 Å². The molecule has 3 aromatic rings. The number of carbonyl (C=O) groups excluding carboxylic acids is 1. The van der Waals surface area contributed by atoms with Gasteiger partial charge in [-0.15, -0.1) is 0 Å². The Bertz CT molecular complexity index is 1150. The average molecular weight is 417 g/mol. The Morgan fingerprint density at radius 2 is 1.97 bits per heavy atom. The molecule has 2 aliphatic carbocycles. The van der Waals surface area contributed by atoms with Gasteiger partial charge in [0.25, 0.3) is 0 Å². The smallest absolute Gasteiger partial charge is 0.228 e. The molecule has 0 aromatic carbocycles. The van der Waals surface area contributed by atoms with Gasteiger partial charge in [-0.1, -0.05) is 13.3 Å². The Labute approximate surface area is 182 Å². The summed E-state index contributed by atoms with van der Waals surface area (Å²) in [6.07, 6.45) is 8.96. The number of hydrogen-bond acceptors (Lipinski definition) is 5. The van der Waals surface area contributed by atoms with Crippen LogP contribution in [-0.4, -0.2) is 26.0 Å². The fourth-order valence-electron chi connectivity index (χ4n) is 4.07. The highest BCUT2D eigenvalue weighted by Gasteiger charge is 2.31. The summed E-state index contributed by atoms with van der Waals surface area (Å²) < 4.78 is 0. The van der Waals surface area contributed by atoms with Crippen molar-refractivity contribution >= 4 is 22.5 Å². The third-order valence-corrected chi connectivity index (χ3v) is 6.22. The summed E-state index contributed by atoms with van der Waals surface area (Å²) in [6.45, 7) is 4.09. The minimum absolute atomic E-state index is 0.0662. The van der Waals surface area contributed by atoms with E-state index in [9.17, 15) is 9.90 Å². The molecule has 31 heavy (non-hydrogen) atoms. The van der Waals surface area contributed by atoms with Crippen LogP contribution in [0.5, 0.6) is 0 Å². The van der Waals surface area contributed by atoms with Gasteiger partial charge in [0.15, 0.2) is 0 Å². The van der Waals surface area contributed by atoms with Gasteiger partial charge in [0.05, 0.1) is 23.2 Å². The molecular weight excluding hydrogens is 388 g/mol. The second kappa shape index (κ2) is 8.00. The summed E-state index contributed by atoms with van der Waals surface area (Å²) in [7, 11) is 0. The largest absolute Gasteiger partial charge is 0.387 e. The van der Waals surface area contributed by atoms with Crippen molar-refractivity contribution in [2.75, 3.05) is 5.32 Å². The fourth-order valence-corrected chi connectivity index (χ4v) is 4.07. The maximum Gasteiger partial charge on any atom is 0.228 e. The van der Waals surface area contributed by atoms with Crippen molar-refractivity contribution in [2.45, 2.75) is 64.4 Å². The maximum atomic E-state index is 12.1. The van der Waals surface area contributed by atoms with E-state index in [1.165, 1.54) is 0 Å². The van der Waals surface area contributed by atoms with Gasteiger partial charge >= 0.3 is 0 Å². The number of nitrogens with one attached hydrogen (secondary N) is 1. The Kier molecular flexibility index (Phi) is 5.18. The van der Waals surface area contributed by atoms with Gasteiger partial charge in [-0.3, -0.25) is 14.8 Å². The second-order valence-corrected chi connectivity index (χ2v) is 8.95. The van der Waals surface area contributed by atoms with Crippen LogP contribution in [0.1, 0.15) is 74.4 Å². The third kappa shape index (κ3) is 4.17. The van der Waals surface area contributed by atoms with E-state index in [0.29, 0.717) is 23.9 Å². The summed E-state index contributed by atoms with van der Waals surface area (Å²) in [6, 6.07) is 5.98. The van der Waals surface area contributed by atoms with Gasteiger partial charge in [-0.05, 0) is 62.8 Å². The summed E-state index contributed by atoms with van der Waals surface area (Å²) in [4.78, 5) is 26.2. The highest BCUT2D eigenvalue weighted by Crippen LogP contribution is 2.43. The van der Waals surface area contributed by atoms with Crippen LogP contribution in [0.25, 0.3) is 22.0 Å². The number of nitrogens with zero attached hydrogens (tertiary/aromatic N) is 3. The van der Waals surface area contributed by atoms with E-state index in [0.717, 1.165) is 65.4 Å². The van der Waals surface area contributed by atoms with Crippen LogP contribution in [0.15, 0.2) is 30.6 Å². The molecule has 2 fully saturated rings. The maximum absolute atomic E-state index is 12.1. The van der Waals surface area contributed by atoms with E-state index in [2.05, 4.69) is 22.2 Å². The van der Waals surface area contributed by atoms with Crippen LogP contribution in [0, 0.1) is 12.8 Å². The van der Waals surface area contributed by atoms with E-state index in [1.54, 1.807) is 0 Å². The molecule has 6 nitrogen and oxygen atoms in total. The first-order valence-electron chi connectivity index (χ1n) is 11.3. The van der Waals surface area contributed by atoms with Gasteiger partial charge < -0.3 is 10.4 Å². The topological polar surface area (TPSA) is 88.0 Å². The fraction of sp³-hybridized carbons (Fsp3) is 0.440. The van der Waals surface area contributed by atoms with Crippen molar-refractivity contribution in [1.29, 1.82) is 0 Å². The summed E-state index contributed by atoms with van der Waals surface area (Å²) >= 11 is 0. The number of aryl methyl sites for hydroxylation is 1. The van der Waals surface area contributed by atoms with Gasteiger partial charge in [-0.25, -0.2) is 4.98 Å². The van der Waals surface area contributed by atoms with Crippen molar-refractivity contribution in [3.63, 3.8) is 0 Å². The molecule has 0 radical (unpaired) electrons. The first-order valence-corrected chi connectivity index (χ1v) is 11.3. The van der Waals surface area contributed by atoms with Gasteiger partial charge in [0, 0.05) is 40.6 Å². The number of pyridine rings is 3. The molecule has 2 aliphatic rings. The lowest BCUT2D eigenvalue weighted by molar-refractivity contribution is -0.117. The molecule has 160 valence electrons. The summed E-state index contributed by atoms with van der Waals surface area (Å²) in [5.41, 5.74) is 4.69. The van der Waals surface area contributed by atoms with Crippen LogP contribution < -0.4 is 5.32 Å². The molecule has 6 heteroatoms. The third-order valence-electron chi connectivity index (χ3n) is 6.22. The standard InChI is InChI=1S/C25H28N4O2/c1-3-4-22(30)21-9-14(2)19(13-26-21)20-10-17-12-27-23(29-25(31)16-7-8-16)11-18(17)24(28-20)15-5-6-15/h9-13,15-16,22,30H,3-8H2,1-2H3,(H,27,29,31)/t22-/m0/s1. The molecule has 0 saturated heterocycles. The zero-order chi connectivity index (χ0) is 21.5. The molecule has 1 amide bonds. The quantitative estimate of drug-likeness (QED) is 0.562. The van der Waals surface area contributed by atoms with Crippen LogP contribution in [0.2, 0.25) is 0 Å². The summed E-state index contributed by atoms with van der Waals surface area (Å²) in [5, 5.41) is 15.3. The minimum atomic E-state index is -0.530. The van der Waals surface area contributed by atoms with E-state index >= 15 is 0 Å². The van der Waals surface area contributed by atoms with Gasteiger partial charge in [0.2, 0.25) is 5.91 Å². The molecule has 2 N–H and O–H groups in total. The zero-order valence-corrected chi connectivity index (χ0v) is 18.1. The lowest BCUT2D eigenvalue weighted by atomic mass is 10.0. The highest BCUT2D eigenvalue weighted by atomic mass is 16.3. The molecule has 3 heterocycles. The van der Waals surface area contributed by atoms with Crippen LogP contribution in [0.3, 0.4) is 0 Å². The van der Waals surface area contributed by atoms with Crippen LogP contribution >= 0.6 is 0 Å². The highest BCUT2D eigenvalue weighted by molar-refractivity contribution is 5.96. The average Bonchev–Trinajstić information content (AvgIpc) is 3.65. The Morgan fingerprint density at radius 3 is 2.65 bits per heavy atom. The van der Waals surface area contributed by atoms with Crippen molar-refractivity contribution in [3.8, 4) is 11.3 Å². The molecule has 0 spiro atoms. The first kappa shape index (κ1) is 20.1. The molecule has 2 saturated carbocycles. The predicted octanol–water partition coefficient (Wildman–Crippen LogP) is 5.06. The molecule has 0 bridgehead atoms. The number of carbonyl (C=O) groups is 1. The predicted molar refractivity (Wildman–Crippen MR) is 121 cm³/mol. The normalized spacial score (nSPS) is 17.0. The van der Waals surface area contributed by atoms with E-state index in [1.807, 2.05) is 37.5 Å². The van der Waals surface area contributed by atoms with Crippen molar-refractivity contribution in [1.82, 2.24) is 15.0 Å². The van der Waals surface area contributed by atoms with Crippen molar-refractivity contribution in [2.24, 2.45) is 5.92 Å². The molecule has 5 rings (SSSR count). The summed E-state index contributed by atoms with van der Waals surface area (Å²) in [5.74, 6) is 1.27. The molecular formula is C25H28N4O2. The van der Waals surface area contributed by atoms with Crippen molar-refractivity contribution in [3.05, 3.63) is 47.5 Å². The van der Waals surface area contributed by atoms with E-state index in [4.69, 9.17) is 4.98 Å². The number of amides is 1. The van der Waals surface area contributed by atoms with Gasteiger partial charge in [0.1, 0.15) is 5.82 Å². The lowest BCUT2D eigenvalue weighted by Gasteiger charge is -2.14. The SMILES string of the molecule is CCC[C@H](O)c1cc(C)c(-c2cc3cnc(NC(=O)C4CC4)cc3c(C3CC3)n2)cn1. The number of aliphatic hydroxyl groups is 1. The lowest BCUT2D eigenvalue weighted by Crippen LogP contribution is -2.14. The number of aliphatic hydroxyl groups excluding tert-OH is 1. The van der Waals surface area contributed by atoms with Crippen molar-refractivity contribution < 1.29 is 9.90 Å².